The standard InChI is InChI=1S/C18H20N2O/c1-13-6-2-4-8-15(13)18(21)20-11-10-14-7-3-5-9-16(14)17(20)12-19/h2-9,17H,10-12,19H2,1H3. The summed E-state index contributed by atoms with van der Waals surface area (Å²) in [4.78, 5) is 14.8. The van der Waals surface area contributed by atoms with E-state index in [0.29, 0.717) is 6.54 Å². The summed E-state index contributed by atoms with van der Waals surface area (Å²) < 4.78 is 0. The lowest BCUT2D eigenvalue weighted by Crippen LogP contribution is -2.43. The van der Waals surface area contributed by atoms with E-state index in [1.165, 1.54) is 11.1 Å². The highest BCUT2D eigenvalue weighted by Crippen LogP contribution is 2.30. The summed E-state index contributed by atoms with van der Waals surface area (Å²) in [5.74, 6) is 0.0815. The van der Waals surface area contributed by atoms with Crippen LogP contribution in [0.2, 0.25) is 0 Å². The van der Waals surface area contributed by atoms with E-state index >= 15 is 0 Å². The molecule has 0 saturated heterocycles. The summed E-state index contributed by atoms with van der Waals surface area (Å²) in [6.45, 7) is 3.16. The molecule has 1 atom stereocenters. The van der Waals surface area contributed by atoms with Gasteiger partial charge in [-0.15, -0.1) is 0 Å². The number of nitrogens with zero attached hydrogens (tertiary/aromatic N) is 1. The minimum Gasteiger partial charge on any atom is -0.330 e. The Kier molecular flexibility index (Phi) is 3.76. The van der Waals surface area contributed by atoms with Gasteiger partial charge in [0.25, 0.3) is 5.91 Å². The molecule has 0 aromatic heterocycles. The van der Waals surface area contributed by atoms with Gasteiger partial charge in [-0.2, -0.15) is 0 Å². The molecule has 0 bridgehead atoms. The van der Waals surface area contributed by atoms with Crippen LogP contribution in [0.1, 0.15) is 33.1 Å². The van der Waals surface area contributed by atoms with Gasteiger partial charge in [0.15, 0.2) is 0 Å². The number of hydrogen-bond donors (Lipinski definition) is 1. The van der Waals surface area contributed by atoms with Crippen LogP contribution in [-0.2, 0) is 6.42 Å². The van der Waals surface area contributed by atoms with Gasteiger partial charge in [0.2, 0.25) is 0 Å². The van der Waals surface area contributed by atoms with E-state index < -0.39 is 0 Å². The molecule has 0 aliphatic carbocycles. The molecule has 1 heterocycles. The summed E-state index contributed by atoms with van der Waals surface area (Å²) in [6, 6.07) is 16.0. The van der Waals surface area contributed by atoms with E-state index in [0.717, 1.165) is 24.1 Å². The molecule has 0 spiro atoms. The molecule has 3 nitrogen and oxygen atoms in total. The van der Waals surface area contributed by atoms with Crippen LogP contribution >= 0.6 is 0 Å². The highest BCUT2D eigenvalue weighted by Gasteiger charge is 2.30. The number of rotatable bonds is 2. The smallest absolute Gasteiger partial charge is 0.254 e. The van der Waals surface area contributed by atoms with Crippen molar-refractivity contribution in [1.29, 1.82) is 0 Å². The average molecular weight is 280 g/mol. The van der Waals surface area contributed by atoms with E-state index in [-0.39, 0.29) is 11.9 Å². The molecule has 2 aromatic rings. The second kappa shape index (κ2) is 5.70. The van der Waals surface area contributed by atoms with Crippen molar-refractivity contribution in [2.24, 2.45) is 5.73 Å². The highest BCUT2D eigenvalue weighted by molar-refractivity contribution is 5.96. The minimum atomic E-state index is -0.0259. The quantitative estimate of drug-likeness (QED) is 0.919. The van der Waals surface area contributed by atoms with E-state index in [1.807, 2.05) is 48.2 Å². The zero-order valence-electron chi connectivity index (χ0n) is 12.3. The molecule has 1 aliphatic rings. The summed E-state index contributed by atoms with van der Waals surface area (Å²) in [5, 5.41) is 0. The van der Waals surface area contributed by atoms with Crippen molar-refractivity contribution in [1.82, 2.24) is 4.90 Å². The van der Waals surface area contributed by atoms with Crippen molar-refractivity contribution in [3.05, 3.63) is 70.8 Å². The first-order chi connectivity index (χ1) is 10.2. The van der Waals surface area contributed by atoms with E-state index in [9.17, 15) is 4.79 Å². The molecule has 0 fully saturated rings. The Bertz CT molecular complexity index is 666. The molecular weight excluding hydrogens is 260 g/mol. The lowest BCUT2D eigenvalue weighted by molar-refractivity contribution is 0.0667. The third-order valence-corrected chi connectivity index (χ3v) is 4.27. The molecule has 3 rings (SSSR count). The number of amides is 1. The number of carbonyl (C=O) groups excluding carboxylic acids is 1. The first-order valence-electron chi connectivity index (χ1n) is 7.37. The molecule has 2 aromatic carbocycles. The summed E-state index contributed by atoms with van der Waals surface area (Å²) in [7, 11) is 0. The van der Waals surface area contributed by atoms with Gasteiger partial charge in [-0.05, 0) is 36.1 Å². The predicted octanol–water partition coefficient (Wildman–Crippen LogP) is 2.69. The van der Waals surface area contributed by atoms with Crippen molar-refractivity contribution in [3.8, 4) is 0 Å². The Morgan fingerprint density at radius 3 is 2.67 bits per heavy atom. The highest BCUT2D eigenvalue weighted by atomic mass is 16.2. The van der Waals surface area contributed by atoms with Gasteiger partial charge in [-0.1, -0.05) is 42.5 Å². The van der Waals surface area contributed by atoms with E-state index in [4.69, 9.17) is 5.73 Å². The summed E-state index contributed by atoms with van der Waals surface area (Å²) in [5.41, 5.74) is 10.2. The monoisotopic (exact) mass is 280 g/mol. The van der Waals surface area contributed by atoms with Crippen molar-refractivity contribution in [2.75, 3.05) is 13.1 Å². The Morgan fingerprint density at radius 2 is 1.90 bits per heavy atom. The minimum absolute atomic E-state index is 0.0259. The normalized spacial score (nSPS) is 17.4. The molecule has 0 radical (unpaired) electrons. The van der Waals surface area contributed by atoms with Crippen LogP contribution in [0.15, 0.2) is 48.5 Å². The van der Waals surface area contributed by atoms with Crippen LogP contribution in [0.5, 0.6) is 0 Å². The Hall–Kier alpha value is -2.13. The number of carbonyl (C=O) groups is 1. The van der Waals surface area contributed by atoms with Gasteiger partial charge < -0.3 is 10.6 Å². The van der Waals surface area contributed by atoms with Gasteiger partial charge in [0.05, 0.1) is 6.04 Å². The number of hydrogen-bond acceptors (Lipinski definition) is 2. The lowest BCUT2D eigenvalue weighted by Gasteiger charge is -2.37. The Balaban J connectivity index is 1.96. The number of fused-ring (bicyclic) bond motifs is 1. The van der Waals surface area contributed by atoms with Crippen LogP contribution in [0.3, 0.4) is 0 Å². The zero-order valence-corrected chi connectivity index (χ0v) is 12.3. The SMILES string of the molecule is Cc1ccccc1C(=O)N1CCc2ccccc2C1CN. The molecule has 3 heteroatoms. The van der Waals surface area contributed by atoms with Crippen LogP contribution in [0, 0.1) is 6.92 Å². The lowest BCUT2D eigenvalue weighted by atomic mass is 9.91. The Labute approximate surface area is 125 Å². The predicted molar refractivity (Wildman–Crippen MR) is 84.2 cm³/mol. The fourth-order valence-electron chi connectivity index (χ4n) is 3.12. The van der Waals surface area contributed by atoms with Crippen molar-refractivity contribution >= 4 is 5.91 Å². The van der Waals surface area contributed by atoms with Crippen LogP contribution in [0.4, 0.5) is 0 Å². The second-order valence-corrected chi connectivity index (χ2v) is 5.51. The van der Waals surface area contributed by atoms with E-state index in [2.05, 4.69) is 12.1 Å². The summed E-state index contributed by atoms with van der Waals surface area (Å²) in [6.07, 6.45) is 0.893. The van der Waals surface area contributed by atoms with Crippen molar-refractivity contribution in [2.45, 2.75) is 19.4 Å². The zero-order chi connectivity index (χ0) is 14.8. The second-order valence-electron chi connectivity index (χ2n) is 5.51. The maximum atomic E-state index is 12.9. The molecule has 21 heavy (non-hydrogen) atoms. The first-order valence-corrected chi connectivity index (χ1v) is 7.37. The topological polar surface area (TPSA) is 46.3 Å². The van der Waals surface area contributed by atoms with Crippen LogP contribution in [0.25, 0.3) is 0 Å². The van der Waals surface area contributed by atoms with Crippen molar-refractivity contribution in [3.63, 3.8) is 0 Å². The summed E-state index contributed by atoms with van der Waals surface area (Å²) >= 11 is 0. The maximum absolute atomic E-state index is 12.9. The van der Waals surface area contributed by atoms with Crippen molar-refractivity contribution < 1.29 is 4.79 Å². The first kappa shape index (κ1) is 13.8. The molecular formula is C18H20N2O. The van der Waals surface area contributed by atoms with Crippen LogP contribution in [-0.4, -0.2) is 23.9 Å². The van der Waals surface area contributed by atoms with Gasteiger partial charge >= 0.3 is 0 Å². The molecule has 2 N–H and O–H groups in total. The van der Waals surface area contributed by atoms with Gasteiger partial charge in [-0.25, -0.2) is 0 Å². The fourth-order valence-corrected chi connectivity index (χ4v) is 3.12. The van der Waals surface area contributed by atoms with E-state index in [1.54, 1.807) is 0 Å². The number of aryl methyl sites for hydroxylation is 1. The third kappa shape index (κ3) is 2.45. The number of nitrogens with two attached hydrogens (primary N) is 1. The third-order valence-electron chi connectivity index (χ3n) is 4.27. The van der Waals surface area contributed by atoms with Crippen LogP contribution < -0.4 is 5.73 Å². The van der Waals surface area contributed by atoms with Gasteiger partial charge in [-0.3, -0.25) is 4.79 Å². The molecule has 1 amide bonds. The molecule has 1 unspecified atom stereocenters. The maximum Gasteiger partial charge on any atom is 0.254 e. The van der Waals surface area contributed by atoms with Gasteiger partial charge in [0.1, 0.15) is 0 Å². The Morgan fingerprint density at radius 1 is 1.19 bits per heavy atom. The van der Waals surface area contributed by atoms with Gasteiger partial charge in [0, 0.05) is 18.7 Å². The molecule has 0 saturated carbocycles. The number of benzene rings is 2. The fraction of sp³-hybridized carbons (Fsp3) is 0.278. The largest absolute Gasteiger partial charge is 0.330 e. The molecule has 108 valence electrons. The molecule has 1 aliphatic heterocycles. The average Bonchev–Trinajstić information content (AvgIpc) is 2.53.